The first-order valence-corrected chi connectivity index (χ1v) is 5.55. The molecule has 0 bridgehead atoms. The van der Waals surface area contributed by atoms with Crippen molar-refractivity contribution in [3.05, 3.63) is 0 Å². The molecule has 0 aromatic carbocycles. The van der Waals surface area contributed by atoms with Crippen molar-refractivity contribution in [3.8, 4) is 0 Å². The van der Waals surface area contributed by atoms with Gasteiger partial charge in [0.1, 0.15) is 0 Å². The Morgan fingerprint density at radius 3 is 2.73 bits per heavy atom. The van der Waals surface area contributed by atoms with Gasteiger partial charge in [-0.2, -0.15) is 0 Å². The van der Waals surface area contributed by atoms with Gasteiger partial charge in [0.25, 0.3) is 0 Å². The van der Waals surface area contributed by atoms with Crippen LogP contribution in [0.5, 0.6) is 0 Å². The zero-order valence-corrected chi connectivity index (χ0v) is 10.2. The summed E-state index contributed by atoms with van der Waals surface area (Å²) < 4.78 is 4.76. The molecule has 2 unspecified atom stereocenters. The van der Waals surface area contributed by atoms with Gasteiger partial charge < -0.3 is 15.0 Å². The molecule has 1 rings (SSSR count). The highest BCUT2D eigenvalue weighted by atomic mass is 16.5. The van der Waals surface area contributed by atoms with E-state index in [9.17, 15) is 4.79 Å². The summed E-state index contributed by atoms with van der Waals surface area (Å²) in [6, 6.07) is 0.522. The summed E-state index contributed by atoms with van der Waals surface area (Å²) in [7, 11) is 3.55. The summed E-state index contributed by atoms with van der Waals surface area (Å²) in [4.78, 5) is 13.7. The first-order valence-electron chi connectivity index (χ1n) is 5.55. The molecular formula is C11H22N2O2. The van der Waals surface area contributed by atoms with E-state index in [1.807, 2.05) is 0 Å². The molecule has 1 saturated heterocycles. The summed E-state index contributed by atoms with van der Waals surface area (Å²) in [6.07, 6.45) is 1.47. The van der Waals surface area contributed by atoms with Crippen LogP contribution in [0.15, 0.2) is 0 Å². The third-order valence-corrected chi connectivity index (χ3v) is 3.25. The predicted molar refractivity (Wildman–Crippen MR) is 59.7 cm³/mol. The molecule has 1 aliphatic heterocycles. The topological polar surface area (TPSA) is 41.6 Å². The Labute approximate surface area is 92.0 Å². The fourth-order valence-corrected chi connectivity index (χ4v) is 2.46. The molecule has 15 heavy (non-hydrogen) atoms. The Bertz CT molecular complexity index is 221. The van der Waals surface area contributed by atoms with Crippen LogP contribution in [0.2, 0.25) is 0 Å². The number of likely N-dealkylation sites (tertiary alicyclic amines) is 1. The van der Waals surface area contributed by atoms with E-state index in [4.69, 9.17) is 4.74 Å². The van der Waals surface area contributed by atoms with Gasteiger partial charge in [-0.1, -0.05) is 6.92 Å². The van der Waals surface area contributed by atoms with E-state index in [1.165, 1.54) is 7.11 Å². The molecule has 2 atom stereocenters. The van der Waals surface area contributed by atoms with Crippen LogP contribution in [0.3, 0.4) is 0 Å². The van der Waals surface area contributed by atoms with E-state index >= 15 is 0 Å². The summed E-state index contributed by atoms with van der Waals surface area (Å²) in [5, 5.41) is 3.44. The van der Waals surface area contributed by atoms with Crippen LogP contribution in [-0.2, 0) is 9.53 Å². The van der Waals surface area contributed by atoms with E-state index in [1.54, 1.807) is 0 Å². The molecule has 0 aromatic rings. The molecule has 0 aromatic heterocycles. The summed E-state index contributed by atoms with van der Waals surface area (Å²) in [6.45, 7) is 6.06. The predicted octanol–water partition coefficient (Wildman–Crippen LogP) is 0.622. The molecule has 1 fully saturated rings. The normalized spacial score (nSPS) is 31.9. The Morgan fingerprint density at radius 2 is 2.33 bits per heavy atom. The maximum absolute atomic E-state index is 11.4. The number of carbonyl (C=O) groups excluding carboxylic acids is 1. The quantitative estimate of drug-likeness (QED) is 0.697. The minimum Gasteiger partial charge on any atom is -0.469 e. The Morgan fingerprint density at radius 1 is 1.67 bits per heavy atom. The minimum absolute atomic E-state index is 0.0873. The molecule has 1 N–H and O–H groups in total. The fraction of sp³-hybridized carbons (Fsp3) is 0.909. The Kier molecular flexibility index (Phi) is 4.11. The number of ether oxygens (including phenoxy) is 1. The molecule has 0 amide bonds. The van der Waals surface area contributed by atoms with Crippen molar-refractivity contribution in [2.45, 2.75) is 38.3 Å². The lowest BCUT2D eigenvalue weighted by molar-refractivity contribution is -0.142. The summed E-state index contributed by atoms with van der Waals surface area (Å²) >= 11 is 0. The van der Waals surface area contributed by atoms with Crippen LogP contribution < -0.4 is 5.32 Å². The molecule has 4 heteroatoms. The standard InChI is InChI=1S/C11H22N2O2/c1-5-12-11(7-10(14)15-4)6-9(2)13(3)8-11/h9,12H,5-8H2,1-4H3. The van der Waals surface area contributed by atoms with Gasteiger partial charge in [0.15, 0.2) is 0 Å². The van der Waals surface area contributed by atoms with Crippen LogP contribution in [0.25, 0.3) is 0 Å². The molecule has 0 aliphatic carbocycles. The number of methoxy groups -OCH3 is 1. The molecule has 4 nitrogen and oxygen atoms in total. The van der Waals surface area contributed by atoms with Crippen molar-refractivity contribution >= 4 is 5.97 Å². The second kappa shape index (κ2) is 4.94. The zero-order valence-electron chi connectivity index (χ0n) is 10.2. The first kappa shape index (κ1) is 12.5. The van der Waals surface area contributed by atoms with Gasteiger partial charge in [-0.05, 0) is 26.9 Å². The largest absolute Gasteiger partial charge is 0.469 e. The van der Waals surface area contributed by atoms with Crippen molar-refractivity contribution in [1.29, 1.82) is 0 Å². The van der Waals surface area contributed by atoms with Crippen LogP contribution in [-0.4, -0.2) is 49.7 Å². The fourth-order valence-electron chi connectivity index (χ4n) is 2.46. The van der Waals surface area contributed by atoms with Crippen molar-refractivity contribution in [2.75, 3.05) is 27.2 Å². The molecule has 0 spiro atoms. The molecule has 88 valence electrons. The highest BCUT2D eigenvalue weighted by Crippen LogP contribution is 2.28. The smallest absolute Gasteiger partial charge is 0.307 e. The first-order chi connectivity index (χ1) is 7.03. The lowest BCUT2D eigenvalue weighted by Gasteiger charge is -2.28. The van der Waals surface area contributed by atoms with E-state index in [0.29, 0.717) is 12.5 Å². The maximum atomic E-state index is 11.4. The van der Waals surface area contributed by atoms with Gasteiger partial charge in [0.2, 0.25) is 0 Å². The molecular weight excluding hydrogens is 192 g/mol. The number of nitrogens with one attached hydrogen (secondary N) is 1. The van der Waals surface area contributed by atoms with E-state index in [-0.39, 0.29) is 11.5 Å². The van der Waals surface area contributed by atoms with Crippen LogP contribution in [0.1, 0.15) is 26.7 Å². The zero-order chi connectivity index (χ0) is 11.5. The second-order valence-corrected chi connectivity index (χ2v) is 4.53. The molecule has 1 aliphatic rings. The third kappa shape index (κ3) is 2.92. The monoisotopic (exact) mass is 214 g/mol. The number of esters is 1. The average molecular weight is 214 g/mol. The average Bonchev–Trinajstić information content (AvgIpc) is 2.42. The SMILES string of the molecule is CCNC1(CC(=O)OC)CC(C)N(C)C1. The van der Waals surface area contributed by atoms with Gasteiger partial charge >= 0.3 is 5.97 Å². The van der Waals surface area contributed by atoms with Gasteiger partial charge in [0, 0.05) is 18.1 Å². The highest BCUT2D eigenvalue weighted by Gasteiger charge is 2.41. The Hall–Kier alpha value is -0.610. The van der Waals surface area contributed by atoms with Gasteiger partial charge in [-0.25, -0.2) is 0 Å². The van der Waals surface area contributed by atoms with Crippen LogP contribution >= 0.6 is 0 Å². The lowest BCUT2D eigenvalue weighted by atomic mass is 9.92. The van der Waals surface area contributed by atoms with Gasteiger partial charge in [-0.15, -0.1) is 0 Å². The van der Waals surface area contributed by atoms with Gasteiger partial charge in [0.05, 0.1) is 13.5 Å². The van der Waals surface area contributed by atoms with Crippen LogP contribution in [0.4, 0.5) is 0 Å². The number of likely N-dealkylation sites (N-methyl/N-ethyl adjacent to an activating group) is 2. The third-order valence-electron chi connectivity index (χ3n) is 3.25. The van der Waals surface area contributed by atoms with Crippen molar-refractivity contribution in [2.24, 2.45) is 0 Å². The highest BCUT2D eigenvalue weighted by molar-refractivity contribution is 5.71. The number of nitrogens with zero attached hydrogens (tertiary/aromatic N) is 1. The van der Waals surface area contributed by atoms with Gasteiger partial charge in [-0.3, -0.25) is 4.79 Å². The van der Waals surface area contributed by atoms with Crippen LogP contribution in [0, 0.1) is 0 Å². The molecule has 1 heterocycles. The summed E-state index contributed by atoms with van der Waals surface area (Å²) in [5.74, 6) is -0.126. The van der Waals surface area contributed by atoms with Crippen molar-refractivity contribution in [3.63, 3.8) is 0 Å². The van der Waals surface area contributed by atoms with E-state index in [0.717, 1.165) is 19.5 Å². The second-order valence-electron chi connectivity index (χ2n) is 4.53. The summed E-state index contributed by atoms with van der Waals surface area (Å²) in [5.41, 5.74) is -0.0873. The minimum atomic E-state index is -0.126. The lowest BCUT2D eigenvalue weighted by Crippen LogP contribution is -2.48. The number of hydrogen-bond acceptors (Lipinski definition) is 4. The number of hydrogen-bond donors (Lipinski definition) is 1. The maximum Gasteiger partial charge on any atom is 0.307 e. The number of rotatable bonds is 4. The van der Waals surface area contributed by atoms with E-state index < -0.39 is 0 Å². The molecule has 0 saturated carbocycles. The molecule has 0 radical (unpaired) electrons. The van der Waals surface area contributed by atoms with Crippen molar-refractivity contribution < 1.29 is 9.53 Å². The Balaban J connectivity index is 2.67. The number of carbonyl (C=O) groups is 1. The van der Waals surface area contributed by atoms with Crippen molar-refractivity contribution in [1.82, 2.24) is 10.2 Å². The van der Waals surface area contributed by atoms with E-state index in [2.05, 4.69) is 31.1 Å².